The smallest absolute Gasteiger partial charge is 0.329 e. The van der Waals surface area contributed by atoms with Gasteiger partial charge in [-0.05, 0) is 25.0 Å². The summed E-state index contributed by atoms with van der Waals surface area (Å²) < 4.78 is 1.21. The fraction of sp³-hybridized carbons (Fsp3) is 0.500. The van der Waals surface area contributed by atoms with E-state index < -0.39 is 17.4 Å². The highest BCUT2D eigenvalue weighted by Gasteiger charge is 2.51. The summed E-state index contributed by atoms with van der Waals surface area (Å²) in [5.41, 5.74) is -0.908. The van der Waals surface area contributed by atoms with Gasteiger partial charge in [0.05, 0.1) is 11.5 Å². The molecule has 1 aliphatic carbocycles. The van der Waals surface area contributed by atoms with E-state index in [0.29, 0.717) is 13.1 Å². The number of amides is 1. The van der Waals surface area contributed by atoms with Gasteiger partial charge >= 0.3 is 5.69 Å². The molecular formula is C16H18N4O4. The molecule has 2 aliphatic rings. The Kier molecular flexibility index (Phi) is 3.14. The lowest BCUT2D eigenvalue weighted by Crippen LogP contribution is -2.40. The normalized spacial score (nSPS) is 22.1. The van der Waals surface area contributed by atoms with E-state index in [1.807, 2.05) is 0 Å². The van der Waals surface area contributed by atoms with Crippen molar-refractivity contribution in [3.63, 3.8) is 0 Å². The van der Waals surface area contributed by atoms with Crippen molar-refractivity contribution in [1.82, 2.24) is 19.4 Å². The lowest BCUT2D eigenvalue weighted by molar-refractivity contribution is 0.00756. The largest absolute Gasteiger partial charge is 0.391 e. The minimum absolute atomic E-state index is 0.156. The van der Waals surface area contributed by atoms with Gasteiger partial charge in [0.1, 0.15) is 11.3 Å². The quantitative estimate of drug-likeness (QED) is 0.740. The monoisotopic (exact) mass is 330 g/mol. The van der Waals surface area contributed by atoms with Gasteiger partial charge < -0.3 is 10.0 Å². The highest BCUT2D eigenvalue weighted by Crippen LogP contribution is 2.48. The molecule has 8 heteroatoms. The van der Waals surface area contributed by atoms with Crippen molar-refractivity contribution < 1.29 is 9.90 Å². The molecule has 2 aromatic heterocycles. The van der Waals surface area contributed by atoms with Gasteiger partial charge in [0.15, 0.2) is 0 Å². The van der Waals surface area contributed by atoms with E-state index in [4.69, 9.17) is 0 Å². The molecule has 0 bridgehead atoms. The number of aliphatic hydroxyl groups excluding tert-OH is 1. The molecule has 2 aromatic rings. The van der Waals surface area contributed by atoms with E-state index in [1.165, 1.54) is 23.7 Å². The number of aryl methyl sites for hydroxylation is 1. The van der Waals surface area contributed by atoms with Gasteiger partial charge in [0, 0.05) is 25.6 Å². The Balaban J connectivity index is 1.72. The molecule has 1 saturated heterocycles. The van der Waals surface area contributed by atoms with Gasteiger partial charge in [-0.1, -0.05) is 6.42 Å². The van der Waals surface area contributed by atoms with Gasteiger partial charge in [-0.3, -0.25) is 19.1 Å². The molecule has 1 spiro atoms. The Bertz CT molecular complexity index is 957. The van der Waals surface area contributed by atoms with Crippen LogP contribution >= 0.6 is 0 Å². The highest BCUT2D eigenvalue weighted by molar-refractivity contribution is 5.94. The lowest BCUT2D eigenvalue weighted by atomic mass is 9.67. The van der Waals surface area contributed by atoms with E-state index in [2.05, 4.69) is 9.97 Å². The first-order valence-electron chi connectivity index (χ1n) is 7.99. The minimum atomic E-state index is -0.574. The van der Waals surface area contributed by atoms with Crippen LogP contribution in [0.4, 0.5) is 0 Å². The number of nitrogens with one attached hydrogen (secondary N) is 1. The minimum Gasteiger partial charge on any atom is -0.391 e. The molecule has 1 amide bonds. The third-order valence-electron chi connectivity index (χ3n) is 5.42. The van der Waals surface area contributed by atoms with Crippen molar-refractivity contribution in [2.75, 3.05) is 13.1 Å². The van der Waals surface area contributed by atoms with E-state index in [0.717, 1.165) is 19.3 Å². The molecular weight excluding hydrogens is 312 g/mol. The van der Waals surface area contributed by atoms with Crippen molar-refractivity contribution in [2.45, 2.75) is 25.4 Å². The molecule has 1 aliphatic heterocycles. The van der Waals surface area contributed by atoms with E-state index in [9.17, 15) is 19.5 Å². The van der Waals surface area contributed by atoms with Crippen LogP contribution in [0.5, 0.6) is 0 Å². The number of likely N-dealkylation sites (tertiary alicyclic amines) is 1. The Morgan fingerprint density at radius 3 is 2.75 bits per heavy atom. The van der Waals surface area contributed by atoms with E-state index in [1.54, 1.807) is 4.90 Å². The van der Waals surface area contributed by atoms with Crippen molar-refractivity contribution in [3.05, 3.63) is 38.7 Å². The molecule has 1 atom stereocenters. The fourth-order valence-corrected chi connectivity index (χ4v) is 3.74. The van der Waals surface area contributed by atoms with Crippen LogP contribution in [-0.2, 0) is 7.05 Å². The Labute approximate surface area is 136 Å². The number of carbonyl (C=O) groups excluding carboxylic acids is 1. The molecule has 4 rings (SSSR count). The van der Waals surface area contributed by atoms with Crippen LogP contribution < -0.4 is 11.2 Å². The third-order valence-corrected chi connectivity index (χ3v) is 5.42. The van der Waals surface area contributed by atoms with Crippen LogP contribution in [0.1, 0.15) is 29.8 Å². The summed E-state index contributed by atoms with van der Waals surface area (Å²) in [4.78, 5) is 44.3. The molecule has 1 saturated carbocycles. The number of aliphatic hydroxyl groups is 1. The molecule has 0 radical (unpaired) electrons. The van der Waals surface area contributed by atoms with Crippen molar-refractivity contribution in [3.8, 4) is 0 Å². The van der Waals surface area contributed by atoms with Crippen molar-refractivity contribution >= 4 is 16.9 Å². The molecule has 2 fully saturated rings. The zero-order valence-electron chi connectivity index (χ0n) is 13.3. The summed E-state index contributed by atoms with van der Waals surface area (Å²) in [5.74, 6) is -0.285. The molecule has 1 unspecified atom stereocenters. The van der Waals surface area contributed by atoms with Gasteiger partial charge in [-0.2, -0.15) is 0 Å². The molecule has 2 N–H and O–H groups in total. The Morgan fingerprint density at radius 1 is 1.38 bits per heavy atom. The first-order chi connectivity index (χ1) is 11.4. The maximum atomic E-state index is 12.7. The van der Waals surface area contributed by atoms with Gasteiger partial charge in [0.25, 0.3) is 11.5 Å². The Hall–Kier alpha value is -2.48. The van der Waals surface area contributed by atoms with Gasteiger partial charge in [0.2, 0.25) is 0 Å². The van der Waals surface area contributed by atoms with E-state index in [-0.39, 0.29) is 28.0 Å². The first kappa shape index (κ1) is 15.1. The van der Waals surface area contributed by atoms with Crippen LogP contribution in [0.15, 0.2) is 21.7 Å². The summed E-state index contributed by atoms with van der Waals surface area (Å²) in [6.45, 7) is 0.827. The number of hydrogen-bond donors (Lipinski definition) is 2. The second kappa shape index (κ2) is 5.01. The maximum Gasteiger partial charge on any atom is 0.329 e. The van der Waals surface area contributed by atoms with Crippen LogP contribution in [0.25, 0.3) is 11.0 Å². The van der Waals surface area contributed by atoms with Gasteiger partial charge in [-0.15, -0.1) is 0 Å². The molecule has 126 valence electrons. The number of fused-ring (bicyclic) bond motifs is 1. The number of hydrogen-bond acceptors (Lipinski definition) is 5. The average Bonchev–Trinajstić information content (AvgIpc) is 2.89. The summed E-state index contributed by atoms with van der Waals surface area (Å²) in [5, 5.41) is 10.5. The van der Waals surface area contributed by atoms with Crippen LogP contribution in [0.2, 0.25) is 0 Å². The number of H-pyrrole nitrogens is 1. The lowest BCUT2D eigenvalue weighted by Gasteiger charge is -2.40. The third kappa shape index (κ3) is 2.02. The topological polar surface area (TPSA) is 108 Å². The van der Waals surface area contributed by atoms with Crippen LogP contribution in [0.3, 0.4) is 0 Å². The fourth-order valence-electron chi connectivity index (χ4n) is 3.74. The molecule has 8 nitrogen and oxygen atoms in total. The number of pyridine rings is 1. The van der Waals surface area contributed by atoms with Crippen molar-refractivity contribution in [2.24, 2.45) is 12.5 Å². The second-order valence-electron chi connectivity index (χ2n) is 6.80. The van der Waals surface area contributed by atoms with Gasteiger partial charge in [-0.25, -0.2) is 9.78 Å². The SMILES string of the molecule is Cn1c(=O)[nH]c(=O)c2ccc(C(=O)N3CC(O)C4(CCC4)C3)nc21. The van der Waals surface area contributed by atoms with Crippen LogP contribution in [0, 0.1) is 5.41 Å². The second-order valence-corrected chi connectivity index (χ2v) is 6.80. The summed E-state index contributed by atoms with van der Waals surface area (Å²) in [6, 6.07) is 2.99. The zero-order chi connectivity index (χ0) is 17.1. The molecule has 0 aromatic carbocycles. The summed E-state index contributed by atoms with van der Waals surface area (Å²) in [6.07, 6.45) is 2.46. The summed E-state index contributed by atoms with van der Waals surface area (Å²) >= 11 is 0. The number of aromatic amines is 1. The molecule has 24 heavy (non-hydrogen) atoms. The van der Waals surface area contributed by atoms with Crippen LogP contribution in [-0.4, -0.2) is 49.6 Å². The number of rotatable bonds is 1. The summed E-state index contributed by atoms with van der Waals surface area (Å²) in [7, 11) is 1.49. The van der Waals surface area contributed by atoms with E-state index >= 15 is 0 Å². The number of carbonyl (C=O) groups is 1. The maximum absolute atomic E-state index is 12.7. The average molecular weight is 330 g/mol. The predicted octanol–water partition coefficient (Wildman–Crippen LogP) is -0.391. The number of aromatic nitrogens is 3. The highest BCUT2D eigenvalue weighted by atomic mass is 16.3. The number of β-amino-alcohol motifs (C(OH)–C–C–N with tert-alkyl or cyclic N) is 1. The Morgan fingerprint density at radius 2 is 2.12 bits per heavy atom. The van der Waals surface area contributed by atoms with Crippen molar-refractivity contribution in [1.29, 1.82) is 0 Å². The standard InChI is InChI=1S/C16H18N4O4/c1-19-12-9(13(22)18-15(19)24)3-4-10(17-12)14(23)20-7-11(21)16(8-20)5-2-6-16/h3-4,11,21H,2,5-8H2,1H3,(H,18,22,24). The predicted molar refractivity (Wildman–Crippen MR) is 85.8 cm³/mol. The number of nitrogens with zero attached hydrogens (tertiary/aromatic N) is 3. The first-order valence-corrected chi connectivity index (χ1v) is 7.99. The zero-order valence-corrected chi connectivity index (χ0v) is 13.3. The molecule has 3 heterocycles.